The first-order valence-corrected chi connectivity index (χ1v) is 13.2. The lowest BCUT2D eigenvalue weighted by molar-refractivity contribution is -0.0427. The standard InChI is InChI=1S/C27H44N2O2/c1-19(28-31-17-16-29-14-4-5-15-29)23-8-9-24-22-7-6-20-18-21(30)10-12-26(20,2)25(22)11-13-27(23,24)3/h6,21-25,30H,4-5,7-18H2,1-3H3/t21?,22-,23+,24-,25-,26-,27+/m0/s1. The van der Waals surface area contributed by atoms with E-state index >= 15 is 0 Å². The molecule has 1 saturated heterocycles. The summed E-state index contributed by atoms with van der Waals surface area (Å²) in [4.78, 5) is 8.31. The fourth-order valence-electron chi connectivity index (χ4n) is 8.72. The molecule has 0 spiro atoms. The number of hydrogen-bond donors (Lipinski definition) is 1. The molecule has 31 heavy (non-hydrogen) atoms. The van der Waals surface area contributed by atoms with Gasteiger partial charge in [0.1, 0.15) is 6.61 Å². The van der Waals surface area contributed by atoms with Gasteiger partial charge in [-0.05, 0) is 113 Å². The fourth-order valence-corrected chi connectivity index (χ4v) is 8.72. The van der Waals surface area contributed by atoms with E-state index < -0.39 is 0 Å². The Kier molecular flexibility index (Phi) is 6.01. The first kappa shape index (κ1) is 21.9. The van der Waals surface area contributed by atoms with Crippen LogP contribution in [-0.4, -0.2) is 48.1 Å². The molecule has 5 rings (SSSR count). The summed E-state index contributed by atoms with van der Waals surface area (Å²) >= 11 is 0. The molecule has 4 heteroatoms. The molecule has 174 valence electrons. The van der Waals surface area contributed by atoms with Gasteiger partial charge in [-0.15, -0.1) is 0 Å². The highest BCUT2D eigenvalue weighted by atomic mass is 16.6. The van der Waals surface area contributed by atoms with Gasteiger partial charge in [-0.2, -0.15) is 0 Å². The third kappa shape index (κ3) is 3.80. The lowest BCUT2D eigenvalue weighted by Gasteiger charge is -2.58. The maximum absolute atomic E-state index is 10.2. The van der Waals surface area contributed by atoms with Gasteiger partial charge in [0.15, 0.2) is 0 Å². The van der Waals surface area contributed by atoms with Crippen LogP contribution in [0.2, 0.25) is 0 Å². The van der Waals surface area contributed by atoms with E-state index in [1.165, 1.54) is 70.2 Å². The highest BCUT2D eigenvalue weighted by Gasteiger charge is 2.59. The van der Waals surface area contributed by atoms with Gasteiger partial charge in [0.05, 0.1) is 11.8 Å². The molecule has 7 atom stereocenters. The molecule has 1 heterocycles. The van der Waals surface area contributed by atoms with Crippen molar-refractivity contribution in [1.82, 2.24) is 4.90 Å². The lowest BCUT2D eigenvalue weighted by atomic mass is 9.47. The molecular formula is C27H44N2O2. The average molecular weight is 429 g/mol. The zero-order valence-electron chi connectivity index (χ0n) is 20.1. The van der Waals surface area contributed by atoms with Crippen molar-refractivity contribution >= 4 is 5.71 Å². The van der Waals surface area contributed by atoms with E-state index in [1.807, 2.05) is 0 Å². The van der Waals surface area contributed by atoms with Crippen molar-refractivity contribution in [1.29, 1.82) is 0 Å². The van der Waals surface area contributed by atoms with Crippen molar-refractivity contribution in [2.24, 2.45) is 39.7 Å². The summed E-state index contributed by atoms with van der Waals surface area (Å²) in [5.41, 5.74) is 3.53. The molecule has 0 aromatic carbocycles. The zero-order chi connectivity index (χ0) is 21.6. The second kappa shape index (κ2) is 8.48. The van der Waals surface area contributed by atoms with E-state index in [2.05, 4.69) is 36.9 Å². The second-order valence-corrected chi connectivity index (χ2v) is 11.9. The number of rotatable bonds is 5. The van der Waals surface area contributed by atoms with Crippen molar-refractivity contribution in [3.8, 4) is 0 Å². The van der Waals surface area contributed by atoms with Gasteiger partial charge in [0, 0.05) is 12.5 Å². The van der Waals surface area contributed by atoms with Crippen LogP contribution < -0.4 is 0 Å². The Morgan fingerprint density at radius 1 is 1.13 bits per heavy atom. The predicted octanol–water partition coefficient (Wildman–Crippen LogP) is 5.41. The van der Waals surface area contributed by atoms with Crippen LogP contribution in [0.4, 0.5) is 0 Å². The predicted molar refractivity (Wildman–Crippen MR) is 126 cm³/mol. The summed E-state index contributed by atoms with van der Waals surface area (Å²) in [6.45, 7) is 11.5. The fraction of sp³-hybridized carbons (Fsp3) is 0.889. The average Bonchev–Trinajstić information content (AvgIpc) is 3.39. The van der Waals surface area contributed by atoms with E-state index in [-0.39, 0.29) is 6.10 Å². The smallest absolute Gasteiger partial charge is 0.129 e. The van der Waals surface area contributed by atoms with Crippen LogP contribution >= 0.6 is 0 Å². The van der Waals surface area contributed by atoms with Crippen LogP contribution in [0.1, 0.15) is 85.0 Å². The topological polar surface area (TPSA) is 45.1 Å². The van der Waals surface area contributed by atoms with Gasteiger partial charge < -0.3 is 9.94 Å². The Morgan fingerprint density at radius 3 is 2.74 bits per heavy atom. The quantitative estimate of drug-likeness (QED) is 0.275. The van der Waals surface area contributed by atoms with Gasteiger partial charge in [-0.1, -0.05) is 30.7 Å². The molecule has 0 amide bonds. The zero-order valence-corrected chi connectivity index (χ0v) is 20.1. The highest BCUT2D eigenvalue weighted by Crippen LogP contribution is 2.66. The third-order valence-electron chi connectivity index (χ3n) is 10.5. The molecule has 0 aromatic heterocycles. The molecule has 0 bridgehead atoms. The number of oxime groups is 1. The molecule has 4 nitrogen and oxygen atoms in total. The van der Waals surface area contributed by atoms with E-state index in [0.717, 1.165) is 43.7 Å². The summed E-state index contributed by atoms with van der Waals surface area (Å²) in [6.07, 6.45) is 14.7. The number of aliphatic hydroxyl groups is 1. The van der Waals surface area contributed by atoms with E-state index in [0.29, 0.717) is 16.7 Å². The summed E-state index contributed by atoms with van der Waals surface area (Å²) in [6, 6.07) is 0. The van der Waals surface area contributed by atoms with Gasteiger partial charge in [-0.3, -0.25) is 4.90 Å². The number of hydrogen-bond acceptors (Lipinski definition) is 4. The maximum atomic E-state index is 10.2. The van der Waals surface area contributed by atoms with Gasteiger partial charge in [-0.25, -0.2) is 0 Å². The number of fused-ring (bicyclic) bond motifs is 5. The van der Waals surface area contributed by atoms with E-state index in [4.69, 9.17) is 4.84 Å². The van der Waals surface area contributed by atoms with Crippen molar-refractivity contribution in [2.45, 2.75) is 91.1 Å². The van der Waals surface area contributed by atoms with Crippen LogP contribution in [0.3, 0.4) is 0 Å². The summed E-state index contributed by atoms with van der Waals surface area (Å²) < 4.78 is 0. The molecule has 1 unspecified atom stereocenters. The number of nitrogens with zero attached hydrogens (tertiary/aromatic N) is 2. The SMILES string of the molecule is CC(=NOCCN1CCCC1)[C@H]1CC[C@H]2[C@@H]3CC=C4CC(O)CC[C@]4(C)[C@H]3CC[C@]12C. The molecule has 0 radical (unpaired) electrons. The Balaban J connectivity index is 1.26. The van der Waals surface area contributed by atoms with Crippen molar-refractivity contribution in [2.75, 3.05) is 26.2 Å². The molecule has 4 aliphatic carbocycles. The number of aliphatic hydroxyl groups excluding tert-OH is 1. The van der Waals surface area contributed by atoms with Gasteiger partial charge in [0.2, 0.25) is 0 Å². The van der Waals surface area contributed by atoms with Gasteiger partial charge in [0.25, 0.3) is 0 Å². The summed E-state index contributed by atoms with van der Waals surface area (Å²) in [5, 5.41) is 14.9. The Labute approximate surface area is 189 Å². The second-order valence-electron chi connectivity index (χ2n) is 11.9. The Morgan fingerprint density at radius 2 is 1.94 bits per heavy atom. The summed E-state index contributed by atoms with van der Waals surface area (Å²) in [5.74, 6) is 3.02. The van der Waals surface area contributed by atoms with Crippen LogP contribution in [0.15, 0.2) is 16.8 Å². The van der Waals surface area contributed by atoms with Crippen LogP contribution in [0, 0.1) is 34.5 Å². The molecule has 1 aliphatic heterocycles. The normalized spacial score (nSPS) is 45.6. The van der Waals surface area contributed by atoms with Crippen molar-refractivity contribution < 1.29 is 9.94 Å². The third-order valence-corrected chi connectivity index (χ3v) is 10.5. The molecule has 5 aliphatic rings. The molecule has 0 aromatic rings. The minimum atomic E-state index is -0.107. The lowest BCUT2D eigenvalue weighted by Crippen LogP contribution is -2.50. The number of allylic oxidation sites excluding steroid dienone is 1. The van der Waals surface area contributed by atoms with Crippen LogP contribution in [-0.2, 0) is 4.84 Å². The van der Waals surface area contributed by atoms with Crippen molar-refractivity contribution in [3.63, 3.8) is 0 Å². The number of likely N-dealkylation sites (tertiary alicyclic amines) is 1. The minimum absolute atomic E-state index is 0.107. The van der Waals surface area contributed by atoms with E-state index in [9.17, 15) is 5.11 Å². The molecular weight excluding hydrogens is 384 g/mol. The molecule has 3 saturated carbocycles. The Hall–Kier alpha value is -0.870. The maximum Gasteiger partial charge on any atom is 0.129 e. The summed E-state index contributed by atoms with van der Waals surface area (Å²) in [7, 11) is 0. The van der Waals surface area contributed by atoms with Crippen LogP contribution in [0.25, 0.3) is 0 Å². The van der Waals surface area contributed by atoms with E-state index in [1.54, 1.807) is 5.57 Å². The molecule has 4 fully saturated rings. The minimum Gasteiger partial charge on any atom is -0.394 e. The van der Waals surface area contributed by atoms with Crippen molar-refractivity contribution in [3.05, 3.63) is 11.6 Å². The molecule has 1 N–H and O–H groups in total. The first-order chi connectivity index (χ1) is 14.9. The Bertz CT molecular complexity index is 727. The monoisotopic (exact) mass is 428 g/mol. The van der Waals surface area contributed by atoms with Crippen LogP contribution in [0.5, 0.6) is 0 Å². The first-order valence-electron chi connectivity index (χ1n) is 13.2. The largest absolute Gasteiger partial charge is 0.394 e. The van der Waals surface area contributed by atoms with Gasteiger partial charge >= 0.3 is 0 Å². The highest BCUT2D eigenvalue weighted by molar-refractivity contribution is 5.85.